The van der Waals surface area contributed by atoms with E-state index in [0.29, 0.717) is 13.1 Å². The maximum atomic E-state index is 11.9. The number of piperazine rings is 1. The zero-order valence-corrected chi connectivity index (χ0v) is 12.2. The van der Waals surface area contributed by atoms with Crippen LogP contribution in [-0.2, 0) is 14.8 Å². The molecule has 1 amide bonds. The van der Waals surface area contributed by atoms with Crippen molar-refractivity contribution in [3.8, 4) is 0 Å². The Bertz CT molecular complexity index is 373. The molecule has 0 unspecified atom stereocenters. The number of rotatable bonds is 5. The summed E-state index contributed by atoms with van der Waals surface area (Å²) >= 11 is 0. The van der Waals surface area contributed by atoms with E-state index in [4.69, 9.17) is 0 Å². The summed E-state index contributed by atoms with van der Waals surface area (Å²) in [6.07, 6.45) is 0.0760. The molecular weight excluding hydrogens is 254 g/mol. The Morgan fingerprint density at radius 2 is 1.72 bits per heavy atom. The summed E-state index contributed by atoms with van der Waals surface area (Å²) in [5.41, 5.74) is 0. The van der Waals surface area contributed by atoms with Crippen LogP contribution in [0.1, 0.15) is 13.3 Å². The van der Waals surface area contributed by atoms with Crippen molar-refractivity contribution in [1.29, 1.82) is 0 Å². The third-order valence-electron chi connectivity index (χ3n) is 3.30. The number of carbonyl (C=O) groups is 1. The molecule has 106 valence electrons. The fraction of sp³-hybridized carbons (Fsp3) is 0.909. The summed E-state index contributed by atoms with van der Waals surface area (Å²) in [6, 6.07) is 0. The Balaban J connectivity index is 2.39. The maximum Gasteiger partial charge on any atom is 0.223 e. The molecule has 1 fully saturated rings. The van der Waals surface area contributed by atoms with E-state index < -0.39 is 10.0 Å². The third-order valence-corrected chi connectivity index (χ3v) is 5.14. The van der Waals surface area contributed by atoms with Crippen LogP contribution in [0, 0.1) is 0 Å². The van der Waals surface area contributed by atoms with Crippen LogP contribution < -0.4 is 0 Å². The molecule has 18 heavy (non-hydrogen) atoms. The first-order chi connectivity index (χ1) is 8.36. The molecule has 0 atom stereocenters. The summed E-state index contributed by atoms with van der Waals surface area (Å²) in [5, 5.41) is 0. The average molecular weight is 277 g/mol. The molecule has 0 aliphatic carbocycles. The first-order valence-electron chi connectivity index (χ1n) is 6.27. The van der Waals surface area contributed by atoms with Crippen molar-refractivity contribution < 1.29 is 13.2 Å². The van der Waals surface area contributed by atoms with Gasteiger partial charge in [0.1, 0.15) is 0 Å². The van der Waals surface area contributed by atoms with Crippen LogP contribution in [0.2, 0.25) is 0 Å². The van der Waals surface area contributed by atoms with E-state index in [1.165, 1.54) is 14.1 Å². The van der Waals surface area contributed by atoms with Crippen molar-refractivity contribution >= 4 is 15.9 Å². The monoisotopic (exact) mass is 277 g/mol. The number of likely N-dealkylation sites (N-methyl/N-ethyl adjacent to an activating group) is 1. The van der Waals surface area contributed by atoms with Crippen LogP contribution in [-0.4, -0.2) is 81.0 Å². The number of amides is 1. The molecule has 1 aliphatic heterocycles. The summed E-state index contributed by atoms with van der Waals surface area (Å²) in [6.45, 7) is 6.26. The van der Waals surface area contributed by atoms with Crippen molar-refractivity contribution in [2.75, 3.05) is 52.6 Å². The molecule has 1 heterocycles. The van der Waals surface area contributed by atoms with Gasteiger partial charge in [-0.05, 0) is 6.54 Å². The minimum Gasteiger partial charge on any atom is -0.340 e. The van der Waals surface area contributed by atoms with Gasteiger partial charge in [-0.2, -0.15) is 0 Å². The minimum atomic E-state index is -3.27. The van der Waals surface area contributed by atoms with Gasteiger partial charge in [0, 0.05) is 46.7 Å². The van der Waals surface area contributed by atoms with E-state index in [9.17, 15) is 13.2 Å². The molecular formula is C11H23N3O3S. The molecule has 1 aliphatic rings. The lowest BCUT2D eigenvalue weighted by Gasteiger charge is -2.34. The largest absolute Gasteiger partial charge is 0.340 e. The Labute approximate surface area is 110 Å². The topological polar surface area (TPSA) is 60.9 Å². The van der Waals surface area contributed by atoms with Crippen LogP contribution in [0.4, 0.5) is 0 Å². The first kappa shape index (κ1) is 15.4. The molecule has 1 rings (SSSR count). The number of hydrogen-bond acceptors (Lipinski definition) is 4. The molecule has 0 aromatic carbocycles. The molecule has 0 spiro atoms. The van der Waals surface area contributed by atoms with Gasteiger partial charge in [0.15, 0.2) is 0 Å². The van der Waals surface area contributed by atoms with Crippen LogP contribution in [0.3, 0.4) is 0 Å². The zero-order valence-electron chi connectivity index (χ0n) is 11.4. The highest BCUT2D eigenvalue weighted by Crippen LogP contribution is 2.05. The number of carbonyl (C=O) groups excluding carboxylic acids is 1. The van der Waals surface area contributed by atoms with E-state index >= 15 is 0 Å². The first-order valence-corrected chi connectivity index (χ1v) is 7.88. The SMILES string of the molecule is CCN1CCN(C(=O)CCS(=O)(=O)N(C)C)CC1. The normalized spacial score (nSPS) is 18.3. The smallest absolute Gasteiger partial charge is 0.223 e. The summed E-state index contributed by atoms with van der Waals surface area (Å²) in [5.74, 6) is -0.163. The molecule has 7 heteroatoms. The zero-order chi connectivity index (χ0) is 13.8. The van der Waals surface area contributed by atoms with Crippen molar-refractivity contribution in [1.82, 2.24) is 14.1 Å². The number of sulfonamides is 1. The molecule has 0 aromatic heterocycles. The van der Waals surface area contributed by atoms with Gasteiger partial charge in [-0.1, -0.05) is 6.92 Å². The second-order valence-electron chi connectivity index (χ2n) is 4.66. The van der Waals surface area contributed by atoms with Crippen molar-refractivity contribution in [3.05, 3.63) is 0 Å². The van der Waals surface area contributed by atoms with Crippen molar-refractivity contribution in [2.24, 2.45) is 0 Å². The second-order valence-corrected chi connectivity index (χ2v) is 6.97. The lowest BCUT2D eigenvalue weighted by molar-refractivity contribution is -0.132. The van der Waals surface area contributed by atoms with Gasteiger partial charge in [0.25, 0.3) is 0 Å². The van der Waals surface area contributed by atoms with Gasteiger partial charge in [-0.15, -0.1) is 0 Å². The number of nitrogens with zero attached hydrogens (tertiary/aromatic N) is 3. The van der Waals surface area contributed by atoms with E-state index in [1.54, 1.807) is 4.90 Å². The highest BCUT2D eigenvalue weighted by atomic mass is 32.2. The molecule has 0 N–H and O–H groups in total. The molecule has 0 bridgehead atoms. The predicted molar refractivity (Wildman–Crippen MR) is 70.8 cm³/mol. The van der Waals surface area contributed by atoms with Crippen LogP contribution in [0.15, 0.2) is 0 Å². The fourth-order valence-electron chi connectivity index (χ4n) is 1.87. The predicted octanol–water partition coefficient (Wildman–Crippen LogP) is -0.568. The molecule has 1 saturated heterocycles. The Kier molecular flexibility index (Phi) is 5.55. The van der Waals surface area contributed by atoms with E-state index in [1.807, 2.05) is 0 Å². The lowest BCUT2D eigenvalue weighted by atomic mass is 10.3. The highest BCUT2D eigenvalue weighted by Gasteiger charge is 2.22. The van der Waals surface area contributed by atoms with Gasteiger partial charge in [0.05, 0.1) is 5.75 Å². The van der Waals surface area contributed by atoms with E-state index in [2.05, 4.69) is 11.8 Å². The van der Waals surface area contributed by atoms with Crippen molar-refractivity contribution in [2.45, 2.75) is 13.3 Å². The summed E-state index contributed by atoms with van der Waals surface area (Å²) < 4.78 is 24.3. The standard InChI is InChI=1S/C11H23N3O3S/c1-4-13-6-8-14(9-7-13)11(15)5-10-18(16,17)12(2)3/h4-10H2,1-3H3. The minimum absolute atomic E-state index is 0.0591. The quantitative estimate of drug-likeness (QED) is 0.675. The third kappa shape index (κ3) is 4.22. The molecule has 0 radical (unpaired) electrons. The fourth-order valence-corrected chi connectivity index (χ4v) is 2.67. The van der Waals surface area contributed by atoms with Gasteiger partial charge in [-0.25, -0.2) is 12.7 Å². The maximum absolute atomic E-state index is 11.9. The van der Waals surface area contributed by atoms with Crippen LogP contribution in [0.25, 0.3) is 0 Å². The second kappa shape index (κ2) is 6.49. The van der Waals surface area contributed by atoms with E-state index in [0.717, 1.165) is 23.9 Å². The lowest BCUT2D eigenvalue weighted by Crippen LogP contribution is -2.48. The molecule has 6 nitrogen and oxygen atoms in total. The van der Waals surface area contributed by atoms with Crippen LogP contribution >= 0.6 is 0 Å². The van der Waals surface area contributed by atoms with Gasteiger partial charge in [0.2, 0.25) is 15.9 Å². The van der Waals surface area contributed by atoms with Gasteiger partial charge in [-0.3, -0.25) is 4.79 Å². The summed E-state index contributed by atoms with van der Waals surface area (Å²) in [4.78, 5) is 15.9. The Hall–Kier alpha value is -0.660. The molecule has 0 aromatic rings. The Morgan fingerprint density at radius 3 is 2.17 bits per heavy atom. The Morgan fingerprint density at radius 1 is 1.17 bits per heavy atom. The van der Waals surface area contributed by atoms with E-state index in [-0.39, 0.29) is 18.1 Å². The van der Waals surface area contributed by atoms with Gasteiger partial charge >= 0.3 is 0 Å². The van der Waals surface area contributed by atoms with Gasteiger partial charge < -0.3 is 9.80 Å². The van der Waals surface area contributed by atoms with Crippen LogP contribution in [0.5, 0.6) is 0 Å². The van der Waals surface area contributed by atoms with Crippen molar-refractivity contribution in [3.63, 3.8) is 0 Å². The molecule has 0 saturated carbocycles. The average Bonchev–Trinajstić information content (AvgIpc) is 2.36. The number of hydrogen-bond donors (Lipinski definition) is 0. The summed E-state index contributed by atoms with van der Waals surface area (Å²) in [7, 11) is -0.300. The highest BCUT2D eigenvalue weighted by molar-refractivity contribution is 7.89.